The monoisotopic (exact) mass is 417 g/mol. The number of nitrogens with zero attached hydrogens (tertiary/aromatic N) is 3. The standard InChI is InChI=1S/C21H21F2N3O2S/c22-21(23)29(27,28)20-9-5-4-8-19(20)25-13-11-18-17(14-25)24-15-26(18)12-10-16-6-2-1-3-7-16/h1-9,15,21H,10-14H2. The van der Waals surface area contributed by atoms with E-state index >= 15 is 0 Å². The topological polar surface area (TPSA) is 55.2 Å². The maximum atomic E-state index is 13.1. The first kappa shape index (κ1) is 19.6. The molecule has 1 aromatic heterocycles. The SMILES string of the molecule is O=S(=O)(c1ccccc1N1CCc2c(ncn2CCc2ccccc2)C1)C(F)F. The first-order valence-corrected chi connectivity index (χ1v) is 10.9. The van der Waals surface area contributed by atoms with Crippen LogP contribution in [0.4, 0.5) is 14.5 Å². The van der Waals surface area contributed by atoms with Crippen LogP contribution in [-0.4, -0.2) is 30.3 Å². The molecule has 0 atom stereocenters. The molecule has 0 fully saturated rings. The molecule has 0 spiro atoms. The zero-order valence-electron chi connectivity index (χ0n) is 15.7. The number of fused-ring (bicyclic) bond motifs is 1. The highest BCUT2D eigenvalue weighted by atomic mass is 32.2. The lowest BCUT2D eigenvalue weighted by Crippen LogP contribution is -2.32. The van der Waals surface area contributed by atoms with Crippen LogP contribution >= 0.6 is 0 Å². The maximum Gasteiger partial charge on any atom is 0.341 e. The number of imidazole rings is 1. The van der Waals surface area contributed by atoms with Crippen molar-refractivity contribution < 1.29 is 17.2 Å². The first-order valence-electron chi connectivity index (χ1n) is 9.39. The van der Waals surface area contributed by atoms with Gasteiger partial charge in [0.15, 0.2) is 0 Å². The molecule has 0 saturated heterocycles. The highest BCUT2D eigenvalue weighted by Crippen LogP contribution is 2.32. The van der Waals surface area contributed by atoms with E-state index < -0.39 is 15.6 Å². The quantitative estimate of drug-likeness (QED) is 0.614. The number of benzene rings is 2. The molecule has 8 heteroatoms. The second-order valence-corrected chi connectivity index (χ2v) is 8.90. The summed E-state index contributed by atoms with van der Waals surface area (Å²) < 4.78 is 52.4. The normalized spacial score (nSPS) is 14.2. The minimum Gasteiger partial charge on any atom is -0.364 e. The smallest absolute Gasteiger partial charge is 0.341 e. The van der Waals surface area contributed by atoms with Crippen LogP contribution in [0.1, 0.15) is 17.0 Å². The Balaban J connectivity index is 1.55. The Morgan fingerprint density at radius 1 is 1.03 bits per heavy atom. The Bertz CT molecular complexity index is 1100. The molecule has 5 nitrogen and oxygen atoms in total. The van der Waals surface area contributed by atoms with E-state index in [1.807, 2.05) is 23.1 Å². The summed E-state index contributed by atoms with van der Waals surface area (Å²) in [4.78, 5) is 5.98. The number of hydrogen-bond acceptors (Lipinski definition) is 4. The number of sulfone groups is 1. The van der Waals surface area contributed by atoms with Gasteiger partial charge in [-0.25, -0.2) is 13.4 Å². The Morgan fingerprint density at radius 2 is 1.76 bits per heavy atom. The van der Waals surface area contributed by atoms with Gasteiger partial charge >= 0.3 is 5.76 Å². The van der Waals surface area contributed by atoms with Gasteiger partial charge in [-0.2, -0.15) is 8.78 Å². The lowest BCUT2D eigenvalue weighted by atomic mass is 10.1. The number of para-hydroxylation sites is 1. The van der Waals surface area contributed by atoms with Gasteiger partial charge in [0, 0.05) is 25.2 Å². The van der Waals surface area contributed by atoms with Crippen molar-refractivity contribution in [1.29, 1.82) is 0 Å². The Morgan fingerprint density at radius 3 is 2.52 bits per heavy atom. The van der Waals surface area contributed by atoms with Crippen molar-refractivity contribution in [1.82, 2.24) is 9.55 Å². The molecule has 0 aliphatic carbocycles. The molecule has 2 heterocycles. The van der Waals surface area contributed by atoms with Gasteiger partial charge < -0.3 is 9.47 Å². The van der Waals surface area contributed by atoms with E-state index in [-0.39, 0.29) is 4.90 Å². The highest BCUT2D eigenvalue weighted by Gasteiger charge is 2.32. The van der Waals surface area contributed by atoms with Crippen molar-refractivity contribution in [2.45, 2.75) is 36.6 Å². The number of aromatic nitrogens is 2. The molecule has 1 aliphatic heterocycles. The van der Waals surface area contributed by atoms with Gasteiger partial charge in [-0.15, -0.1) is 0 Å². The number of hydrogen-bond donors (Lipinski definition) is 0. The first-order chi connectivity index (χ1) is 14.0. The summed E-state index contributed by atoms with van der Waals surface area (Å²) in [5.74, 6) is -3.44. The molecule has 0 bridgehead atoms. The van der Waals surface area contributed by atoms with Gasteiger partial charge in [0.1, 0.15) is 0 Å². The molecule has 3 aromatic rings. The third-order valence-electron chi connectivity index (χ3n) is 5.22. The zero-order valence-corrected chi connectivity index (χ0v) is 16.5. The summed E-state index contributed by atoms with van der Waals surface area (Å²) in [6, 6.07) is 16.1. The van der Waals surface area contributed by atoms with Gasteiger partial charge in [-0.05, 0) is 24.1 Å². The largest absolute Gasteiger partial charge is 0.364 e. The second-order valence-electron chi connectivity index (χ2n) is 7.01. The number of halogens is 2. The van der Waals surface area contributed by atoms with Crippen LogP contribution in [0.25, 0.3) is 0 Å². The molecule has 0 radical (unpaired) electrons. The second kappa shape index (κ2) is 7.94. The van der Waals surface area contributed by atoms with Gasteiger partial charge in [0.2, 0.25) is 9.84 Å². The fourth-order valence-electron chi connectivity index (χ4n) is 3.72. The summed E-state index contributed by atoms with van der Waals surface area (Å²) in [5.41, 5.74) is 3.52. The Labute approximate surface area is 168 Å². The predicted molar refractivity (Wildman–Crippen MR) is 107 cm³/mol. The fourth-order valence-corrected chi connectivity index (χ4v) is 4.67. The average molecular weight is 417 g/mol. The van der Waals surface area contributed by atoms with Crippen LogP contribution in [0.3, 0.4) is 0 Å². The molecule has 4 rings (SSSR count). The van der Waals surface area contributed by atoms with E-state index in [0.717, 1.165) is 24.4 Å². The zero-order chi connectivity index (χ0) is 20.4. The van der Waals surface area contributed by atoms with Gasteiger partial charge in [0.05, 0.1) is 29.1 Å². The van der Waals surface area contributed by atoms with Crippen molar-refractivity contribution in [3.05, 3.63) is 77.9 Å². The summed E-state index contributed by atoms with van der Waals surface area (Å²) >= 11 is 0. The number of aryl methyl sites for hydroxylation is 2. The summed E-state index contributed by atoms with van der Waals surface area (Å²) in [7, 11) is -4.67. The highest BCUT2D eigenvalue weighted by molar-refractivity contribution is 7.91. The van der Waals surface area contributed by atoms with Gasteiger partial charge in [0.25, 0.3) is 0 Å². The summed E-state index contributed by atoms with van der Waals surface area (Å²) in [5, 5.41) is 0. The molecular weight excluding hydrogens is 396 g/mol. The van der Waals surface area contributed by atoms with Crippen molar-refractivity contribution in [2.75, 3.05) is 11.4 Å². The van der Waals surface area contributed by atoms with Gasteiger partial charge in [-0.3, -0.25) is 0 Å². The minimum atomic E-state index is -4.67. The van der Waals surface area contributed by atoms with Crippen LogP contribution < -0.4 is 4.90 Å². The average Bonchev–Trinajstić information content (AvgIpc) is 3.15. The third kappa shape index (κ3) is 3.89. The van der Waals surface area contributed by atoms with Crippen molar-refractivity contribution in [3.63, 3.8) is 0 Å². The lowest BCUT2D eigenvalue weighted by molar-refractivity contribution is 0.235. The summed E-state index contributed by atoms with van der Waals surface area (Å²) in [6.45, 7) is 1.74. The molecule has 1 aliphatic rings. The minimum absolute atomic E-state index is 0.303. The van der Waals surface area contributed by atoms with Crippen molar-refractivity contribution in [3.8, 4) is 0 Å². The van der Waals surface area contributed by atoms with E-state index in [0.29, 0.717) is 25.2 Å². The Kier molecular flexibility index (Phi) is 5.36. The van der Waals surface area contributed by atoms with Crippen molar-refractivity contribution >= 4 is 15.5 Å². The maximum absolute atomic E-state index is 13.1. The van der Waals surface area contributed by atoms with Crippen LogP contribution in [-0.2, 0) is 35.8 Å². The molecule has 29 heavy (non-hydrogen) atoms. The predicted octanol–water partition coefficient (Wildman–Crippen LogP) is 3.68. The van der Waals surface area contributed by atoms with Crippen LogP contribution in [0.5, 0.6) is 0 Å². The van der Waals surface area contributed by atoms with Crippen LogP contribution in [0, 0.1) is 0 Å². The molecule has 2 aromatic carbocycles. The van der Waals surface area contributed by atoms with E-state index in [1.165, 1.54) is 17.7 Å². The molecule has 152 valence electrons. The molecule has 0 saturated carbocycles. The molecule has 0 unspecified atom stereocenters. The molecule has 0 amide bonds. The third-order valence-corrected chi connectivity index (χ3v) is 6.65. The fraction of sp³-hybridized carbons (Fsp3) is 0.286. The van der Waals surface area contributed by atoms with Gasteiger partial charge in [-0.1, -0.05) is 42.5 Å². The lowest BCUT2D eigenvalue weighted by Gasteiger charge is -2.30. The number of anilines is 1. The molecule has 0 N–H and O–H groups in total. The molecular formula is C21H21F2N3O2S. The number of rotatable bonds is 6. The summed E-state index contributed by atoms with van der Waals surface area (Å²) in [6.07, 6.45) is 3.37. The number of alkyl halides is 2. The van der Waals surface area contributed by atoms with E-state index in [1.54, 1.807) is 18.5 Å². The van der Waals surface area contributed by atoms with E-state index in [4.69, 9.17) is 0 Å². The Hall–Kier alpha value is -2.74. The van der Waals surface area contributed by atoms with Crippen LogP contribution in [0.2, 0.25) is 0 Å². The van der Waals surface area contributed by atoms with E-state index in [2.05, 4.69) is 21.7 Å². The van der Waals surface area contributed by atoms with E-state index in [9.17, 15) is 17.2 Å². The van der Waals surface area contributed by atoms with Crippen LogP contribution in [0.15, 0.2) is 65.8 Å². The van der Waals surface area contributed by atoms with Crippen molar-refractivity contribution in [2.24, 2.45) is 0 Å².